The van der Waals surface area contributed by atoms with E-state index in [0.717, 1.165) is 0 Å². The van der Waals surface area contributed by atoms with E-state index in [9.17, 15) is 4.79 Å². The van der Waals surface area contributed by atoms with E-state index in [1.807, 2.05) is 12.2 Å². The number of amides is 1. The second-order valence-corrected chi connectivity index (χ2v) is 2.29. The summed E-state index contributed by atoms with van der Waals surface area (Å²) in [4.78, 5) is 16.6. The van der Waals surface area contributed by atoms with Gasteiger partial charge in [-0.1, -0.05) is 12.2 Å². The number of carbonyl (C=O) groups excluding carboxylic acids is 1. The Bertz CT molecular complexity index is 319. The summed E-state index contributed by atoms with van der Waals surface area (Å²) in [5, 5.41) is 0. The lowest BCUT2D eigenvalue weighted by Gasteiger charge is -2.22. The van der Waals surface area contributed by atoms with Crippen molar-refractivity contribution in [2.45, 2.75) is 0 Å². The molecule has 0 atom stereocenters. The molecular formula is C8H6N2O. The molecule has 0 bridgehead atoms. The fourth-order valence-electron chi connectivity index (χ4n) is 1.04. The van der Waals surface area contributed by atoms with E-state index in [4.69, 9.17) is 0 Å². The van der Waals surface area contributed by atoms with E-state index < -0.39 is 0 Å². The lowest BCUT2D eigenvalue weighted by atomic mass is 10.3. The van der Waals surface area contributed by atoms with Gasteiger partial charge in [-0.05, 0) is 11.9 Å². The van der Waals surface area contributed by atoms with Crippen molar-refractivity contribution in [2.24, 2.45) is 4.99 Å². The van der Waals surface area contributed by atoms with Crippen LogP contribution in [0.4, 0.5) is 0 Å². The summed E-state index contributed by atoms with van der Waals surface area (Å²) < 4.78 is 0. The molecule has 0 aromatic carbocycles. The summed E-state index contributed by atoms with van der Waals surface area (Å²) in [6.45, 7) is 0.617. The molecule has 1 amide bonds. The van der Waals surface area contributed by atoms with Gasteiger partial charge in [0.15, 0.2) is 0 Å². The summed E-state index contributed by atoms with van der Waals surface area (Å²) >= 11 is 0. The van der Waals surface area contributed by atoms with E-state index in [1.165, 1.54) is 6.08 Å². The van der Waals surface area contributed by atoms with Crippen LogP contribution >= 0.6 is 0 Å². The van der Waals surface area contributed by atoms with Gasteiger partial charge >= 0.3 is 0 Å². The quantitative estimate of drug-likeness (QED) is 0.488. The van der Waals surface area contributed by atoms with Crippen LogP contribution in [-0.4, -0.2) is 23.2 Å². The van der Waals surface area contributed by atoms with Gasteiger partial charge in [0.2, 0.25) is 0 Å². The number of carbonyl (C=O) groups is 1. The molecule has 54 valence electrons. The molecule has 2 heterocycles. The Kier molecular flexibility index (Phi) is 1.24. The Labute approximate surface area is 64.0 Å². The number of allylic oxidation sites excluding steroid dienone is 2. The van der Waals surface area contributed by atoms with Gasteiger partial charge < -0.3 is 0 Å². The molecule has 0 unspecified atom stereocenters. The van der Waals surface area contributed by atoms with E-state index in [2.05, 4.69) is 10.9 Å². The van der Waals surface area contributed by atoms with Crippen molar-refractivity contribution in [3.63, 3.8) is 0 Å². The number of nitrogens with zero attached hydrogens (tertiary/aromatic N) is 2. The third-order valence-electron chi connectivity index (χ3n) is 1.58. The highest BCUT2D eigenvalue weighted by Crippen LogP contribution is 2.12. The van der Waals surface area contributed by atoms with Gasteiger partial charge in [0.05, 0.1) is 6.08 Å². The van der Waals surface area contributed by atoms with E-state index in [-0.39, 0.29) is 5.91 Å². The zero-order valence-electron chi connectivity index (χ0n) is 5.82. The largest absolute Gasteiger partial charge is 0.288 e. The normalized spacial score (nSPS) is 20.2. The first-order valence-electron chi connectivity index (χ1n) is 3.36. The van der Waals surface area contributed by atoms with Gasteiger partial charge in [0, 0.05) is 6.54 Å². The van der Waals surface area contributed by atoms with Crippen LogP contribution in [0.25, 0.3) is 0 Å². The van der Waals surface area contributed by atoms with Crippen molar-refractivity contribution in [1.29, 1.82) is 0 Å². The summed E-state index contributed by atoms with van der Waals surface area (Å²) in [5.74, 6) is 3.18. The molecule has 2 rings (SSSR count). The molecule has 0 aromatic rings. The third-order valence-corrected chi connectivity index (χ3v) is 1.58. The maximum atomic E-state index is 11.1. The van der Waals surface area contributed by atoms with Crippen LogP contribution in [0.3, 0.4) is 0 Å². The molecule has 0 saturated carbocycles. The minimum absolute atomic E-state index is 0.0457. The zero-order chi connectivity index (χ0) is 7.68. The average molecular weight is 146 g/mol. The van der Waals surface area contributed by atoms with Crippen LogP contribution in [0.15, 0.2) is 35.1 Å². The van der Waals surface area contributed by atoms with Crippen molar-refractivity contribution >= 4 is 11.8 Å². The highest BCUT2D eigenvalue weighted by Gasteiger charge is 2.17. The van der Waals surface area contributed by atoms with Crippen molar-refractivity contribution in [3.05, 3.63) is 30.1 Å². The van der Waals surface area contributed by atoms with Crippen molar-refractivity contribution in [1.82, 2.24) is 4.90 Å². The molecule has 3 nitrogen and oxygen atoms in total. The molecule has 2 aliphatic rings. The van der Waals surface area contributed by atoms with Gasteiger partial charge in [-0.2, -0.15) is 4.99 Å². The predicted molar refractivity (Wildman–Crippen MR) is 40.9 cm³/mol. The van der Waals surface area contributed by atoms with Crippen molar-refractivity contribution in [2.75, 3.05) is 6.54 Å². The van der Waals surface area contributed by atoms with Gasteiger partial charge in [-0.25, -0.2) is 0 Å². The number of hydrogen-bond acceptors (Lipinski definition) is 2. The highest BCUT2D eigenvalue weighted by atomic mass is 16.2. The van der Waals surface area contributed by atoms with E-state index in [1.54, 1.807) is 11.0 Å². The zero-order valence-corrected chi connectivity index (χ0v) is 5.82. The minimum Gasteiger partial charge on any atom is -0.288 e. The van der Waals surface area contributed by atoms with Crippen LogP contribution in [-0.2, 0) is 4.79 Å². The highest BCUT2D eigenvalue weighted by molar-refractivity contribution is 5.98. The van der Waals surface area contributed by atoms with E-state index >= 15 is 0 Å². The van der Waals surface area contributed by atoms with Crippen molar-refractivity contribution in [3.8, 4) is 0 Å². The molecule has 0 fully saturated rings. The summed E-state index contributed by atoms with van der Waals surface area (Å²) in [7, 11) is 0. The standard InChI is InChI=1S/C8H6N2O/c11-8-4-5-9-7-3-1-2-6-10(7)8/h1-4H,6H2. The second-order valence-electron chi connectivity index (χ2n) is 2.29. The van der Waals surface area contributed by atoms with Crippen LogP contribution < -0.4 is 0 Å². The smallest absolute Gasteiger partial charge is 0.261 e. The Morgan fingerprint density at radius 1 is 1.64 bits per heavy atom. The first kappa shape index (κ1) is 6.13. The van der Waals surface area contributed by atoms with Gasteiger partial charge in [0.1, 0.15) is 5.82 Å². The van der Waals surface area contributed by atoms with Crippen LogP contribution in [0.2, 0.25) is 0 Å². The molecule has 2 aliphatic heterocycles. The topological polar surface area (TPSA) is 32.7 Å². The van der Waals surface area contributed by atoms with Crippen molar-refractivity contribution < 1.29 is 4.79 Å². The van der Waals surface area contributed by atoms with Gasteiger partial charge in [-0.15, -0.1) is 0 Å². The molecule has 0 aromatic heterocycles. The van der Waals surface area contributed by atoms with Gasteiger partial charge in [-0.3, -0.25) is 9.69 Å². The fourth-order valence-corrected chi connectivity index (χ4v) is 1.04. The molecule has 0 N–H and O–H groups in total. The van der Waals surface area contributed by atoms with E-state index in [0.29, 0.717) is 12.4 Å². The third kappa shape index (κ3) is 0.914. The average Bonchev–Trinajstić information content (AvgIpc) is 2.06. The number of fused-ring (bicyclic) bond motifs is 1. The number of hydrogen-bond donors (Lipinski definition) is 0. The number of rotatable bonds is 0. The SMILES string of the molecule is O=C1C=C=NC2=CC=CCN12. The molecular weight excluding hydrogens is 140 g/mol. The fraction of sp³-hybridized carbons (Fsp3) is 0.125. The maximum absolute atomic E-state index is 11.1. The van der Waals surface area contributed by atoms with Gasteiger partial charge in [0.25, 0.3) is 5.91 Å². The molecule has 0 radical (unpaired) electrons. The Morgan fingerprint density at radius 3 is 3.36 bits per heavy atom. The van der Waals surface area contributed by atoms with Crippen LogP contribution in [0, 0.1) is 0 Å². The minimum atomic E-state index is -0.0457. The van der Waals surface area contributed by atoms with Crippen LogP contribution in [0.5, 0.6) is 0 Å². The lowest BCUT2D eigenvalue weighted by molar-refractivity contribution is -0.123. The summed E-state index contributed by atoms with van der Waals surface area (Å²) in [6, 6.07) is 0. The molecule has 0 aliphatic carbocycles. The first-order chi connectivity index (χ1) is 5.38. The first-order valence-corrected chi connectivity index (χ1v) is 3.36. The Morgan fingerprint density at radius 2 is 2.55 bits per heavy atom. The molecule has 11 heavy (non-hydrogen) atoms. The monoisotopic (exact) mass is 146 g/mol. The van der Waals surface area contributed by atoms with Crippen LogP contribution in [0.1, 0.15) is 0 Å². The Balaban J connectivity index is 2.45. The molecule has 3 heteroatoms. The predicted octanol–water partition coefficient (Wildman–Crippen LogP) is 0.466. The second kappa shape index (κ2) is 2.22. The lowest BCUT2D eigenvalue weighted by Crippen LogP contribution is -2.31. The maximum Gasteiger partial charge on any atom is 0.261 e. The molecule has 0 saturated heterocycles. The Hall–Kier alpha value is -1.60. The summed E-state index contributed by atoms with van der Waals surface area (Å²) in [5.41, 5.74) is 0. The molecule has 0 spiro atoms. The summed E-state index contributed by atoms with van der Waals surface area (Å²) in [6.07, 6.45) is 6.93. The number of aliphatic imine (C=N–C) groups is 1.